The summed E-state index contributed by atoms with van der Waals surface area (Å²) in [6.45, 7) is 4.28. The summed E-state index contributed by atoms with van der Waals surface area (Å²) < 4.78 is 17.5. The van der Waals surface area contributed by atoms with Crippen molar-refractivity contribution in [2.75, 3.05) is 12.5 Å². The molecule has 0 radical (unpaired) electrons. The van der Waals surface area contributed by atoms with E-state index in [9.17, 15) is 4.79 Å². The topological polar surface area (TPSA) is 92.5 Å². The molecule has 4 rings (SSSR count). The molecule has 25 heavy (non-hydrogen) atoms. The number of benzene rings is 1. The predicted octanol–water partition coefficient (Wildman–Crippen LogP) is 2.48. The molecule has 1 aliphatic heterocycles. The minimum atomic E-state index is -0.242. The monoisotopic (exact) mass is 339 g/mol. The molecule has 0 unspecified atom stereocenters. The highest BCUT2D eigenvalue weighted by Gasteiger charge is 2.16. The Kier molecular flexibility index (Phi) is 3.49. The quantitative estimate of drug-likeness (QED) is 0.788. The Hall–Kier alpha value is -3.22. The van der Waals surface area contributed by atoms with Gasteiger partial charge in [0.25, 0.3) is 5.56 Å². The van der Waals surface area contributed by atoms with Crippen LogP contribution in [0, 0.1) is 13.8 Å². The van der Waals surface area contributed by atoms with E-state index >= 15 is 0 Å². The molecule has 128 valence electrons. The Morgan fingerprint density at radius 2 is 2.00 bits per heavy atom. The first-order valence-electron chi connectivity index (χ1n) is 7.84. The van der Waals surface area contributed by atoms with E-state index in [-0.39, 0.29) is 18.0 Å². The highest BCUT2D eigenvalue weighted by Crippen LogP contribution is 2.33. The van der Waals surface area contributed by atoms with Crippen molar-refractivity contribution in [1.29, 1.82) is 0 Å². The number of fused-ring (bicyclic) bond motifs is 1. The zero-order chi connectivity index (χ0) is 17.6. The Labute approximate surface area is 143 Å². The molecule has 0 fully saturated rings. The summed E-state index contributed by atoms with van der Waals surface area (Å²) in [4.78, 5) is 12.4. The average Bonchev–Trinajstić information content (AvgIpc) is 3.17. The molecule has 0 aliphatic carbocycles. The SMILES string of the molecule is Cc1noc(C)c1-c1cc(N)c(=O)n(Cc2ccc3c(c2)OCO3)c1. The van der Waals surface area contributed by atoms with E-state index in [0.29, 0.717) is 23.8 Å². The second-order valence-corrected chi connectivity index (χ2v) is 6.00. The molecule has 0 spiro atoms. The van der Waals surface area contributed by atoms with Crippen LogP contribution in [0.3, 0.4) is 0 Å². The standard InChI is InChI=1S/C18H17N3O4/c1-10-17(11(2)25-20-10)13-6-14(19)18(22)21(8-13)7-12-3-4-15-16(5-12)24-9-23-15/h3-6,8H,7,9,19H2,1-2H3. The second-order valence-electron chi connectivity index (χ2n) is 6.00. The van der Waals surface area contributed by atoms with Gasteiger partial charge in [-0.05, 0) is 37.6 Å². The van der Waals surface area contributed by atoms with Gasteiger partial charge in [-0.1, -0.05) is 11.2 Å². The lowest BCUT2D eigenvalue weighted by molar-refractivity contribution is 0.174. The number of anilines is 1. The van der Waals surface area contributed by atoms with E-state index in [0.717, 1.165) is 22.4 Å². The van der Waals surface area contributed by atoms with E-state index in [1.54, 1.807) is 16.8 Å². The third-order valence-corrected chi connectivity index (χ3v) is 4.23. The summed E-state index contributed by atoms with van der Waals surface area (Å²) in [5.74, 6) is 2.07. The van der Waals surface area contributed by atoms with Crippen molar-refractivity contribution in [2.24, 2.45) is 0 Å². The molecule has 0 bridgehead atoms. The van der Waals surface area contributed by atoms with Crippen LogP contribution >= 0.6 is 0 Å². The van der Waals surface area contributed by atoms with Gasteiger partial charge in [0.05, 0.1) is 17.9 Å². The molecule has 2 N–H and O–H groups in total. The van der Waals surface area contributed by atoms with E-state index in [2.05, 4.69) is 5.16 Å². The summed E-state index contributed by atoms with van der Waals surface area (Å²) >= 11 is 0. The molecule has 3 heterocycles. The van der Waals surface area contributed by atoms with Crippen LogP contribution < -0.4 is 20.8 Å². The molecule has 7 nitrogen and oxygen atoms in total. The lowest BCUT2D eigenvalue weighted by Gasteiger charge is -2.11. The van der Waals surface area contributed by atoms with Crippen LogP contribution in [-0.2, 0) is 6.54 Å². The summed E-state index contributed by atoms with van der Waals surface area (Å²) in [5, 5.41) is 3.96. The highest BCUT2D eigenvalue weighted by molar-refractivity contribution is 5.69. The maximum absolute atomic E-state index is 12.4. The van der Waals surface area contributed by atoms with Gasteiger partial charge in [0, 0.05) is 17.3 Å². The highest BCUT2D eigenvalue weighted by atomic mass is 16.7. The minimum Gasteiger partial charge on any atom is -0.454 e. The molecule has 0 saturated carbocycles. The third kappa shape index (κ3) is 2.63. The largest absolute Gasteiger partial charge is 0.454 e. The number of rotatable bonds is 3. The second kappa shape index (κ2) is 5.70. The summed E-state index contributed by atoms with van der Waals surface area (Å²) in [6.07, 6.45) is 1.77. The van der Waals surface area contributed by atoms with E-state index in [1.807, 2.05) is 32.0 Å². The van der Waals surface area contributed by atoms with Crippen molar-refractivity contribution >= 4 is 5.69 Å². The summed E-state index contributed by atoms with van der Waals surface area (Å²) in [7, 11) is 0. The van der Waals surface area contributed by atoms with Crippen LogP contribution in [0.15, 0.2) is 39.8 Å². The summed E-state index contributed by atoms with van der Waals surface area (Å²) in [5.41, 5.74) is 9.20. The molecule has 3 aromatic rings. The molecule has 1 aliphatic rings. The van der Waals surface area contributed by atoms with Crippen molar-refractivity contribution in [2.45, 2.75) is 20.4 Å². The number of hydrogen-bond acceptors (Lipinski definition) is 6. The molecule has 0 saturated heterocycles. The van der Waals surface area contributed by atoms with Crippen LogP contribution in [0.2, 0.25) is 0 Å². The number of aryl methyl sites for hydroxylation is 2. The van der Waals surface area contributed by atoms with Gasteiger partial charge in [-0.15, -0.1) is 0 Å². The Morgan fingerprint density at radius 1 is 1.20 bits per heavy atom. The molecular formula is C18H17N3O4. The number of aromatic nitrogens is 2. The van der Waals surface area contributed by atoms with Crippen molar-refractivity contribution in [1.82, 2.24) is 9.72 Å². The van der Waals surface area contributed by atoms with E-state index in [1.165, 1.54) is 0 Å². The number of nitrogen functional groups attached to an aromatic ring is 1. The van der Waals surface area contributed by atoms with Gasteiger partial charge in [-0.2, -0.15) is 0 Å². The fourth-order valence-electron chi connectivity index (χ4n) is 3.04. The van der Waals surface area contributed by atoms with Gasteiger partial charge in [-0.25, -0.2) is 0 Å². The fraction of sp³-hybridized carbons (Fsp3) is 0.222. The van der Waals surface area contributed by atoms with Crippen molar-refractivity contribution in [3.05, 3.63) is 57.8 Å². The van der Waals surface area contributed by atoms with Crippen molar-refractivity contribution in [3.63, 3.8) is 0 Å². The van der Waals surface area contributed by atoms with Crippen LogP contribution in [0.25, 0.3) is 11.1 Å². The van der Waals surface area contributed by atoms with Crippen LogP contribution in [0.1, 0.15) is 17.0 Å². The first kappa shape index (κ1) is 15.3. The van der Waals surface area contributed by atoms with Gasteiger partial charge in [-0.3, -0.25) is 4.79 Å². The summed E-state index contributed by atoms with van der Waals surface area (Å²) in [6, 6.07) is 7.27. The lowest BCUT2D eigenvalue weighted by Crippen LogP contribution is -2.23. The molecule has 0 atom stereocenters. The Bertz CT molecular complexity index is 1000. The molecule has 0 amide bonds. The van der Waals surface area contributed by atoms with Crippen LogP contribution in [0.4, 0.5) is 5.69 Å². The molecule has 7 heteroatoms. The lowest BCUT2D eigenvalue weighted by atomic mass is 10.1. The van der Waals surface area contributed by atoms with Crippen molar-refractivity contribution < 1.29 is 14.0 Å². The van der Waals surface area contributed by atoms with Gasteiger partial charge in [0.2, 0.25) is 6.79 Å². The first-order chi connectivity index (χ1) is 12.0. The Balaban J connectivity index is 1.76. The number of nitrogens with zero attached hydrogens (tertiary/aromatic N) is 2. The van der Waals surface area contributed by atoms with E-state index < -0.39 is 0 Å². The normalized spacial score (nSPS) is 12.6. The minimum absolute atomic E-state index is 0.179. The zero-order valence-corrected chi connectivity index (χ0v) is 13.9. The third-order valence-electron chi connectivity index (χ3n) is 4.23. The van der Waals surface area contributed by atoms with Gasteiger partial charge < -0.3 is 24.3 Å². The number of pyridine rings is 1. The van der Waals surface area contributed by atoms with Gasteiger partial charge in [0.1, 0.15) is 5.76 Å². The zero-order valence-electron chi connectivity index (χ0n) is 13.9. The smallest absolute Gasteiger partial charge is 0.274 e. The predicted molar refractivity (Wildman–Crippen MR) is 91.8 cm³/mol. The van der Waals surface area contributed by atoms with Gasteiger partial charge >= 0.3 is 0 Å². The fourth-order valence-corrected chi connectivity index (χ4v) is 3.04. The number of ether oxygens (including phenoxy) is 2. The maximum atomic E-state index is 12.4. The van der Waals surface area contributed by atoms with Crippen LogP contribution in [0.5, 0.6) is 11.5 Å². The number of nitrogens with two attached hydrogens (primary N) is 1. The van der Waals surface area contributed by atoms with Gasteiger partial charge in [0.15, 0.2) is 11.5 Å². The van der Waals surface area contributed by atoms with Crippen molar-refractivity contribution in [3.8, 4) is 22.6 Å². The Morgan fingerprint density at radius 3 is 2.76 bits per heavy atom. The molecule has 2 aromatic heterocycles. The maximum Gasteiger partial charge on any atom is 0.274 e. The average molecular weight is 339 g/mol. The van der Waals surface area contributed by atoms with E-state index in [4.69, 9.17) is 19.7 Å². The first-order valence-corrected chi connectivity index (χ1v) is 7.84. The molecule has 1 aromatic carbocycles. The molecular weight excluding hydrogens is 322 g/mol. The number of hydrogen-bond donors (Lipinski definition) is 1. The van der Waals surface area contributed by atoms with Crippen LogP contribution in [-0.4, -0.2) is 16.5 Å².